The van der Waals surface area contributed by atoms with Crippen molar-refractivity contribution in [3.05, 3.63) is 0 Å². The molecule has 1 amide bonds. The Balaban J connectivity index is 2.05. The number of alkyl halides is 1. The molecule has 1 aliphatic rings. The second-order valence-electron chi connectivity index (χ2n) is 5.11. The number of carbonyl (C=O) groups is 1. The van der Waals surface area contributed by atoms with E-state index in [-0.39, 0.29) is 5.91 Å². The summed E-state index contributed by atoms with van der Waals surface area (Å²) < 4.78 is 0. The summed E-state index contributed by atoms with van der Waals surface area (Å²) in [6, 6.07) is 0. The molecule has 0 saturated heterocycles. The van der Waals surface area contributed by atoms with Crippen LogP contribution in [0.2, 0.25) is 0 Å². The van der Waals surface area contributed by atoms with E-state index in [2.05, 4.69) is 28.2 Å². The Labute approximate surface area is 108 Å². The maximum absolute atomic E-state index is 11.6. The number of hydrogen-bond acceptors (Lipinski definition) is 1. The van der Waals surface area contributed by atoms with E-state index in [0.717, 1.165) is 30.6 Å². The number of hydrogen-bond donors (Lipinski definition) is 1. The van der Waals surface area contributed by atoms with Crippen LogP contribution in [0.3, 0.4) is 0 Å². The molecule has 2 nitrogen and oxygen atoms in total. The lowest BCUT2D eigenvalue weighted by Crippen LogP contribution is -2.29. The van der Waals surface area contributed by atoms with E-state index in [1.54, 1.807) is 0 Å². The highest BCUT2D eigenvalue weighted by Crippen LogP contribution is 2.27. The van der Waals surface area contributed by atoms with Crippen LogP contribution in [0.4, 0.5) is 0 Å². The first-order chi connectivity index (χ1) is 7.72. The normalized spacial score (nSPS) is 19.4. The summed E-state index contributed by atoms with van der Waals surface area (Å²) in [4.78, 5) is 11.6. The Kier molecular flexibility index (Phi) is 7.10. The zero-order valence-electron chi connectivity index (χ0n) is 10.3. The van der Waals surface area contributed by atoms with Crippen LogP contribution in [0.15, 0.2) is 0 Å². The Morgan fingerprint density at radius 2 is 2.06 bits per heavy atom. The van der Waals surface area contributed by atoms with Crippen LogP contribution in [-0.2, 0) is 4.79 Å². The van der Waals surface area contributed by atoms with Gasteiger partial charge in [0.1, 0.15) is 0 Å². The van der Waals surface area contributed by atoms with Crippen LogP contribution in [0.5, 0.6) is 0 Å². The van der Waals surface area contributed by atoms with Crippen molar-refractivity contribution in [2.75, 3.05) is 11.9 Å². The summed E-state index contributed by atoms with van der Waals surface area (Å²) in [6.45, 7) is 2.94. The molecule has 0 spiro atoms. The van der Waals surface area contributed by atoms with Crippen LogP contribution in [-0.4, -0.2) is 17.8 Å². The first kappa shape index (κ1) is 14.0. The van der Waals surface area contributed by atoms with Gasteiger partial charge in [0, 0.05) is 18.3 Å². The zero-order valence-corrected chi connectivity index (χ0v) is 11.9. The van der Waals surface area contributed by atoms with E-state index in [1.807, 2.05) is 0 Å². The largest absolute Gasteiger partial charge is 0.356 e. The Morgan fingerprint density at radius 1 is 1.38 bits per heavy atom. The lowest BCUT2D eigenvalue weighted by Gasteiger charge is -2.21. The SMILES string of the molecule is CC(CBr)CNC(=O)CCC1CCCCC1. The fourth-order valence-corrected chi connectivity index (χ4v) is 2.47. The van der Waals surface area contributed by atoms with Gasteiger partial charge in [-0.3, -0.25) is 4.79 Å². The second kappa shape index (κ2) is 8.10. The summed E-state index contributed by atoms with van der Waals surface area (Å²) in [5.74, 6) is 1.57. The van der Waals surface area contributed by atoms with Crippen LogP contribution in [0, 0.1) is 11.8 Å². The van der Waals surface area contributed by atoms with Crippen LogP contribution < -0.4 is 5.32 Å². The predicted molar refractivity (Wildman–Crippen MR) is 71.8 cm³/mol. The quantitative estimate of drug-likeness (QED) is 0.745. The number of carbonyl (C=O) groups excluding carboxylic acids is 1. The van der Waals surface area contributed by atoms with Gasteiger partial charge in [-0.2, -0.15) is 0 Å². The van der Waals surface area contributed by atoms with E-state index in [9.17, 15) is 4.79 Å². The lowest BCUT2D eigenvalue weighted by molar-refractivity contribution is -0.121. The summed E-state index contributed by atoms with van der Waals surface area (Å²) >= 11 is 3.42. The van der Waals surface area contributed by atoms with Gasteiger partial charge in [0.15, 0.2) is 0 Å². The molecule has 0 heterocycles. The molecule has 16 heavy (non-hydrogen) atoms. The highest BCUT2D eigenvalue weighted by molar-refractivity contribution is 9.09. The zero-order chi connectivity index (χ0) is 11.8. The molecule has 0 aromatic carbocycles. The number of rotatable bonds is 6. The minimum absolute atomic E-state index is 0.235. The molecule has 1 atom stereocenters. The third-order valence-electron chi connectivity index (χ3n) is 3.42. The molecule has 0 aromatic rings. The molecular formula is C13H24BrNO. The predicted octanol–water partition coefficient (Wildman–Crippen LogP) is 3.49. The molecule has 1 rings (SSSR count). The van der Waals surface area contributed by atoms with E-state index in [0.29, 0.717) is 5.92 Å². The molecule has 0 radical (unpaired) electrons. The van der Waals surface area contributed by atoms with Gasteiger partial charge >= 0.3 is 0 Å². The van der Waals surface area contributed by atoms with Gasteiger partial charge in [-0.05, 0) is 18.3 Å². The Morgan fingerprint density at radius 3 is 2.69 bits per heavy atom. The second-order valence-corrected chi connectivity index (χ2v) is 5.75. The molecular weight excluding hydrogens is 266 g/mol. The van der Waals surface area contributed by atoms with Gasteiger partial charge in [-0.1, -0.05) is 55.0 Å². The maximum Gasteiger partial charge on any atom is 0.220 e. The summed E-state index contributed by atoms with van der Waals surface area (Å²) in [6.07, 6.45) is 8.62. The minimum atomic E-state index is 0.235. The first-order valence-corrected chi connectivity index (χ1v) is 7.67. The number of amides is 1. The monoisotopic (exact) mass is 289 g/mol. The Bertz CT molecular complexity index is 202. The molecule has 0 bridgehead atoms. The topological polar surface area (TPSA) is 29.1 Å². The van der Waals surface area contributed by atoms with Crippen molar-refractivity contribution in [2.24, 2.45) is 11.8 Å². The van der Waals surface area contributed by atoms with Crippen molar-refractivity contribution in [3.63, 3.8) is 0 Å². The fraction of sp³-hybridized carbons (Fsp3) is 0.923. The third kappa shape index (κ3) is 5.88. The molecule has 1 unspecified atom stereocenters. The van der Waals surface area contributed by atoms with Crippen molar-refractivity contribution >= 4 is 21.8 Å². The smallest absolute Gasteiger partial charge is 0.220 e. The fourth-order valence-electron chi connectivity index (χ4n) is 2.24. The van der Waals surface area contributed by atoms with Gasteiger partial charge in [-0.15, -0.1) is 0 Å². The summed E-state index contributed by atoms with van der Waals surface area (Å²) in [5.41, 5.74) is 0. The number of nitrogens with one attached hydrogen (secondary N) is 1. The van der Waals surface area contributed by atoms with Crippen molar-refractivity contribution in [1.29, 1.82) is 0 Å². The maximum atomic E-state index is 11.6. The number of halogens is 1. The molecule has 1 saturated carbocycles. The van der Waals surface area contributed by atoms with Crippen LogP contribution in [0.1, 0.15) is 51.9 Å². The highest BCUT2D eigenvalue weighted by atomic mass is 79.9. The van der Waals surface area contributed by atoms with Crippen molar-refractivity contribution in [2.45, 2.75) is 51.9 Å². The highest BCUT2D eigenvalue weighted by Gasteiger charge is 2.14. The van der Waals surface area contributed by atoms with E-state index >= 15 is 0 Å². The molecule has 3 heteroatoms. The van der Waals surface area contributed by atoms with E-state index in [1.165, 1.54) is 32.1 Å². The first-order valence-electron chi connectivity index (χ1n) is 6.55. The molecule has 1 aliphatic carbocycles. The average molecular weight is 290 g/mol. The summed E-state index contributed by atoms with van der Waals surface area (Å²) in [5, 5.41) is 3.96. The Hall–Kier alpha value is -0.0500. The van der Waals surface area contributed by atoms with Crippen molar-refractivity contribution < 1.29 is 4.79 Å². The van der Waals surface area contributed by atoms with Crippen molar-refractivity contribution in [1.82, 2.24) is 5.32 Å². The van der Waals surface area contributed by atoms with Gasteiger partial charge in [0.25, 0.3) is 0 Å². The average Bonchev–Trinajstić information content (AvgIpc) is 2.34. The molecule has 1 fully saturated rings. The van der Waals surface area contributed by atoms with E-state index in [4.69, 9.17) is 0 Å². The standard InChI is InChI=1S/C13H24BrNO/c1-11(9-14)10-15-13(16)8-7-12-5-3-2-4-6-12/h11-12H,2-10H2,1H3,(H,15,16). The van der Waals surface area contributed by atoms with Crippen molar-refractivity contribution in [3.8, 4) is 0 Å². The molecule has 94 valence electrons. The van der Waals surface area contributed by atoms with Crippen LogP contribution >= 0.6 is 15.9 Å². The van der Waals surface area contributed by atoms with Gasteiger partial charge in [0.05, 0.1) is 0 Å². The molecule has 1 N–H and O–H groups in total. The van der Waals surface area contributed by atoms with Crippen LogP contribution in [0.25, 0.3) is 0 Å². The van der Waals surface area contributed by atoms with Gasteiger partial charge in [-0.25, -0.2) is 0 Å². The van der Waals surface area contributed by atoms with Gasteiger partial charge in [0.2, 0.25) is 5.91 Å². The molecule has 0 aromatic heterocycles. The third-order valence-corrected chi connectivity index (χ3v) is 4.52. The summed E-state index contributed by atoms with van der Waals surface area (Å²) in [7, 11) is 0. The molecule has 0 aliphatic heterocycles. The van der Waals surface area contributed by atoms with E-state index < -0.39 is 0 Å². The van der Waals surface area contributed by atoms with Gasteiger partial charge < -0.3 is 5.32 Å². The lowest BCUT2D eigenvalue weighted by atomic mass is 9.86. The minimum Gasteiger partial charge on any atom is -0.356 e.